The average molecular weight is 452 g/mol. The van der Waals surface area contributed by atoms with Gasteiger partial charge in [-0.3, -0.25) is 14.5 Å². The van der Waals surface area contributed by atoms with Crippen LogP contribution in [0.4, 0.5) is 11.5 Å². The van der Waals surface area contributed by atoms with Gasteiger partial charge in [0.2, 0.25) is 0 Å². The van der Waals surface area contributed by atoms with Crippen LogP contribution in [-0.2, 0) is 11.3 Å². The zero-order valence-electron chi connectivity index (χ0n) is 19.2. The first-order valence-electron chi connectivity index (χ1n) is 11.9. The maximum absolute atomic E-state index is 12.9. The van der Waals surface area contributed by atoms with Crippen molar-refractivity contribution in [2.45, 2.75) is 57.5 Å². The topological polar surface area (TPSA) is 98.7 Å². The summed E-state index contributed by atoms with van der Waals surface area (Å²) in [7, 11) is 1.76. The van der Waals surface area contributed by atoms with E-state index in [1.54, 1.807) is 11.9 Å². The molecule has 8 nitrogen and oxygen atoms in total. The van der Waals surface area contributed by atoms with Crippen molar-refractivity contribution in [3.63, 3.8) is 0 Å². The number of benzene rings is 1. The number of carboxylic acid groups (broad SMARTS) is 1. The van der Waals surface area contributed by atoms with Gasteiger partial charge in [-0.05, 0) is 56.3 Å². The summed E-state index contributed by atoms with van der Waals surface area (Å²) in [5, 5.41) is 11.8. The fraction of sp³-hybridized carbons (Fsp3) is 0.520. The minimum atomic E-state index is -0.857. The Hall–Kier alpha value is -3.00. The van der Waals surface area contributed by atoms with Gasteiger partial charge in [-0.25, -0.2) is 9.97 Å². The van der Waals surface area contributed by atoms with Crippen LogP contribution in [0.15, 0.2) is 36.7 Å². The van der Waals surface area contributed by atoms with Crippen molar-refractivity contribution in [3.8, 4) is 0 Å². The highest BCUT2D eigenvalue weighted by Gasteiger charge is 2.30. The number of carboxylic acids is 1. The highest BCUT2D eigenvalue weighted by molar-refractivity contribution is 6.03. The molecule has 0 aliphatic heterocycles. The van der Waals surface area contributed by atoms with Crippen LogP contribution in [0.1, 0.15) is 61.0 Å². The molecule has 4 rings (SSSR count). The third kappa shape index (κ3) is 6.74. The summed E-state index contributed by atoms with van der Waals surface area (Å²) < 4.78 is 0. The van der Waals surface area contributed by atoms with Crippen molar-refractivity contribution < 1.29 is 14.7 Å². The number of rotatable bonds is 10. The lowest BCUT2D eigenvalue weighted by Gasteiger charge is -2.35. The van der Waals surface area contributed by atoms with Gasteiger partial charge in [0.05, 0.1) is 6.54 Å². The number of likely N-dealkylation sites (N-methyl/N-ethyl adjacent to an activating group) is 1. The predicted molar refractivity (Wildman–Crippen MR) is 127 cm³/mol. The van der Waals surface area contributed by atoms with Gasteiger partial charge in [0, 0.05) is 30.9 Å². The van der Waals surface area contributed by atoms with Crippen molar-refractivity contribution in [3.05, 3.63) is 47.9 Å². The molecule has 8 heteroatoms. The minimum Gasteiger partial charge on any atom is -0.480 e. The normalized spacial score (nSPS) is 16.5. The standard InChI is InChI=1S/C25H33N5O3/c1-29(16-24(31)32)14-18-9-11-20(12-10-18)28-25(33)22-13-23(27-17-26-22)30(15-19-7-8-19)21-5-3-2-4-6-21/h9-13,17,19,21H,2-8,14-16H2,1H3,(H,28,33)(H,31,32). The van der Waals surface area contributed by atoms with E-state index in [2.05, 4.69) is 20.2 Å². The molecule has 176 valence electrons. The number of hydrogen-bond acceptors (Lipinski definition) is 6. The molecule has 2 aliphatic carbocycles. The maximum atomic E-state index is 12.9. The molecular formula is C25H33N5O3. The number of aromatic nitrogens is 2. The first kappa shape index (κ1) is 23.2. The Balaban J connectivity index is 1.41. The zero-order valence-corrected chi connectivity index (χ0v) is 19.2. The van der Waals surface area contributed by atoms with Gasteiger partial charge in [-0.2, -0.15) is 0 Å². The second-order valence-corrected chi connectivity index (χ2v) is 9.37. The van der Waals surface area contributed by atoms with Gasteiger partial charge in [-0.1, -0.05) is 31.4 Å². The molecule has 2 N–H and O–H groups in total. The summed E-state index contributed by atoms with van der Waals surface area (Å²) in [6, 6.07) is 9.75. The molecule has 1 aromatic carbocycles. The van der Waals surface area contributed by atoms with Crippen LogP contribution < -0.4 is 10.2 Å². The summed E-state index contributed by atoms with van der Waals surface area (Å²) in [5.74, 6) is 0.479. The lowest BCUT2D eigenvalue weighted by atomic mass is 9.94. The highest BCUT2D eigenvalue weighted by atomic mass is 16.4. The Labute approximate surface area is 195 Å². The SMILES string of the molecule is CN(CC(=O)O)Cc1ccc(NC(=O)c2cc(N(CC3CC3)C3CCCCC3)ncn2)cc1. The minimum absolute atomic E-state index is 0.0207. The van der Waals surface area contributed by atoms with Crippen LogP contribution in [0.25, 0.3) is 0 Å². The van der Waals surface area contributed by atoms with Crippen molar-refractivity contribution in [1.82, 2.24) is 14.9 Å². The summed E-state index contributed by atoms with van der Waals surface area (Å²) in [4.78, 5) is 36.6. The monoisotopic (exact) mass is 451 g/mol. The Morgan fingerprint density at radius 2 is 1.79 bits per heavy atom. The van der Waals surface area contributed by atoms with Crippen LogP contribution in [0, 0.1) is 5.92 Å². The Bertz CT molecular complexity index is 955. The molecule has 33 heavy (non-hydrogen) atoms. The van der Waals surface area contributed by atoms with E-state index in [-0.39, 0.29) is 12.5 Å². The molecule has 1 amide bonds. The van der Waals surface area contributed by atoms with E-state index in [9.17, 15) is 9.59 Å². The van der Waals surface area contributed by atoms with Crippen molar-refractivity contribution in [2.75, 3.05) is 30.4 Å². The number of amides is 1. The van der Waals surface area contributed by atoms with E-state index in [0.29, 0.717) is 24.0 Å². The predicted octanol–water partition coefficient (Wildman–Crippen LogP) is 3.79. The highest BCUT2D eigenvalue weighted by Crippen LogP contribution is 2.34. The fourth-order valence-corrected chi connectivity index (χ4v) is 4.52. The second-order valence-electron chi connectivity index (χ2n) is 9.37. The number of nitrogens with zero attached hydrogens (tertiary/aromatic N) is 4. The fourth-order valence-electron chi connectivity index (χ4n) is 4.52. The van der Waals surface area contributed by atoms with Gasteiger partial charge >= 0.3 is 5.97 Å². The third-order valence-electron chi connectivity index (χ3n) is 6.42. The van der Waals surface area contributed by atoms with E-state index in [1.807, 2.05) is 30.3 Å². The van der Waals surface area contributed by atoms with Gasteiger partial charge in [-0.15, -0.1) is 0 Å². The Morgan fingerprint density at radius 3 is 2.45 bits per heavy atom. The first-order chi connectivity index (χ1) is 16.0. The molecule has 1 aromatic heterocycles. The Morgan fingerprint density at radius 1 is 1.06 bits per heavy atom. The van der Waals surface area contributed by atoms with Gasteiger partial charge in [0.25, 0.3) is 5.91 Å². The largest absolute Gasteiger partial charge is 0.480 e. The number of anilines is 2. The number of carbonyl (C=O) groups is 2. The molecule has 1 heterocycles. The quantitative estimate of drug-likeness (QED) is 0.567. The summed E-state index contributed by atoms with van der Waals surface area (Å²) in [6.07, 6.45) is 10.2. The molecule has 2 fully saturated rings. The van der Waals surface area contributed by atoms with Gasteiger partial charge in [0.1, 0.15) is 17.8 Å². The van der Waals surface area contributed by atoms with E-state index in [1.165, 1.54) is 51.3 Å². The summed E-state index contributed by atoms with van der Waals surface area (Å²) in [6.45, 7) is 1.52. The number of carbonyl (C=O) groups excluding carboxylic acids is 1. The molecule has 0 radical (unpaired) electrons. The van der Waals surface area contributed by atoms with Gasteiger partial charge in [0.15, 0.2) is 0 Å². The van der Waals surface area contributed by atoms with Crippen molar-refractivity contribution in [1.29, 1.82) is 0 Å². The molecule has 2 aromatic rings. The third-order valence-corrected chi connectivity index (χ3v) is 6.42. The van der Waals surface area contributed by atoms with Crippen LogP contribution in [0.5, 0.6) is 0 Å². The van der Waals surface area contributed by atoms with Crippen LogP contribution in [0.2, 0.25) is 0 Å². The number of hydrogen-bond donors (Lipinski definition) is 2. The summed E-state index contributed by atoms with van der Waals surface area (Å²) >= 11 is 0. The van der Waals surface area contributed by atoms with Crippen LogP contribution in [0.3, 0.4) is 0 Å². The molecule has 2 saturated carbocycles. The van der Waals surface area contributed by atoms with E-state index < -0.39 is 5.97 Å². The zero-order chi connectivity index (χ0) is 23.2. The number of nitrogens with one attached hydrogen (secondary N) is 1. The van der Waals surface area contributed by atoms with E-state index in [0.717, 1.165) is 23.8 Å². The van der Waals surface area contributed by atoms with E-state index in [4.69, 9.17) is 5.11 Å². The van der Waals surface area contributed by atoms with Crippen LogP contribution >= 0.6 is 0 Å². The first-order valence-corrected chi connectivity index (χ1v) is 11.9. The molecule has 0 atom stereocenters. The Kier molecular flexibility index (Phi) is 7.54. The second kappa shape index (κ2) is 10.7. The van der Waals surface area contributed by atoms with Crippen LogP contribution in [-0.4, -0.2) is 58.0 Å². The number of aliphatic carboxylic acids is 1. The molecule has 0 spiro atoms. The van der Waals surface area contributed by atoms with Crippen molar-refractivity contribution >= 4 is 23.4 Å². The van der Waals surface area contributed by atoms with Crippen molar-refractivity contribution in [2.24, 2.45) is 5.92 Å². The molecule has 0 saturated heterocycles. The van der Waals surface area contributed by atoms with E-state index >= 15 is 0 Å². The lowest BCUT2D eigenvalue weighted by Crippen LogP contribution is -2.39. The molecular weight excluding hydrogens is 418 g/mol. The maximum Gasteiger partial charge on any atom is 0.317 e. The average Bonchev–Trinajstić information content (AvgIpc) is 3.63. The summed E-state index contributed by atoms with van der Waals surface area (Å²) in [5.41, 5.74) is 2.01. The molecule has 2 aliphatic rings. The molecule has 0 bridgehead atoms. The molecule has 0 unspecified atom stereocenters. The lowest BCUT2D eigenvalue weighted by molar-refractivity contribution is -0.138. The van der Waals surface area contributed by atoms with Gasteiger partial charge < -0.3 is 15.3 Å². The smallest absolute Gasteiger partial charge is 0.317 e.